The van der Waals surface area contributed by atoms with E-state index in [1.165, 1.54) is 18.2 Å². The van der Waals surface area contributed by atoms with Crippen LogP contribution in [-0.4, -0.2) is 21.6 Å². The van der Waals surface area contributed by atoms with Crippen LogP contribution in [0, 0.1) is 26.6 Å². The number of aryl methyl sites for hydroxylation is 3. The highest BCUT2D eigenvalue weighted by atomic mass is 19.1. The number of hydrogen-bond donors (Lipinski definition) is 2. The second kappa shape index (κ2) is 8.49. The summed E-state index contributed by atoms with van der Waals surface area (Å²) in [5.74, 6) is -1.44. The van der Waals surface area contributed by atoms with E-state index in [1.807, 2.05) is 34.7 Å². The van der Waals surface area contributed by atoms with Gasteiger partial charge in [0.25, 0.3) is 11.8 Å². The molecule has 1 heterocycles. The predicted octanol–water partition coefficient (Wildman–Crippen LogP) is 4.23. The molecule has 6 nitrogen and oxygen atoms in total. The van der Waals surface area contributed by atoms with Crippen molar-refractivity contribution in [3.8, 4) is 0 Å². The number of benzene rings is 2. The summed E-state index contributed by atoms with van der Waals surface area (Å²) >= 11 is 0. The van der Waals surface area contributed by atoms with E-state index in [1.54, 1.807) is 28.9 Å². The van der Waals surface area contributed by atoms with Crippen LogP contribution in [0.4, 0.5) is 10.1 Å². The van der Waals surface area contributed by atoms with Crippen molar-refractivity contribution >= 4 is 17.5 Å². The fourth-order valence-corrected chi connectivity index (χ4v) is 3.50. The molecular weight excluding hydrogens is 383 g/mol. The summed E-state index contributed by atoms with van der Waals surface area (Å²) in [5.41, 5.74) is 4.40. The Bertz CT molecular complexity index is 1120. The van der Waals surface area contributed by atoms with E-state index in [2.05, 4.69) is 15.7 Å². The first-order valence-electron chi connectivity index (χ1n) is 9.66. The molecule has 7 heteroatoms. The average Bonchev–Trinajstić information content (AvgIpc) is 2.95. The molecule has 0 radical (unpaired) electrons. The zero-order valence-electron chi connectivity index (χ0n) is 17.7. The van der Waals surface area contributed by atoms with Crippen LogP contribution >= 0.6 is 0 Å². The van der Waals surface area contributed by atoms with Gasteiger partial charge in [-0.1, -0.05) is 18.2 Å². The van der Waals surface area contributed by atoms with Crippen LogP contribution < -0.4 is 10.6 Å². The molecule has 3 rings (SSSR count). The van der Waals surface area contributed by atoms with Gasteiger partial charge >= 0.3 is 0 Å². The van der Waals surface area contributed by atoms with Crippen LogP contribution in [0.25, 0.3) is 0 Å². The Morgan fingerprint density at radius 3 is 2.40 bits per heavy atom. The SMILES string of the molecule is Cc1ccc(C(=O)NC(C)c2c(C)nn(C)c2C)cc1NC(=O)c1ccccc1F. The van der Waals surface area contributed by atoms with E-state index in [4.69, 9.17) is 0 Å². The van der Waals surface area contributed by atoms with Gasteiger partial charge in [-0.15, -0.1) is 0 Å². The zero-order valence-corrected chi connectivity index (χ0v) is 17.7. The zero-order chi connectivity index (χ0) is 22.0. The average molecular weight is 408 g/mol. The summed E-state index contributed by atoms with van der Waals surface area (Å²) < 4.78 is 15.7. The van der Waals surface area contributed by atoms with Gasteiger partial charge in [0, 0.05) is 29.6 Å². The second-order valence-corrected chi connectivity index (χ2v) is 7.37. The van der Waals surface area contributed by atoms with E-state index in [0.29, 0.717) is 11.3 Å². The fourth-order valence-electron chi connectivity index (χ4n) is 3.50. The van der Waals surface area contributed by atoms with Crippen molar-refractivity contribution in [3.63, 3.8) is 0 Å². The molecule has 0 aliphatic heterocycles. The summed E-state index contributed by atoms with van der Waals surface area (Å²) in [4.78, 5) is 25.3. The Balaban J connectivity index is 1.79. The molecule has 1 aromatic heterocycles. The van der Waals surface area contributed by atoms with E-state index < -0.39 is 11.7 Å². The standard InChI is InChI=1S/C23H25FN4O2/c1-13-10-11-17(12-20(13)26-23(30)18-8-6-7-9-19(18)24)22(29)25-14(2)21-15(3)27-28(5)16(21)4/h6-12,14H,1-5H3,(H,25,29)(H,26,30). The first-order valence-corrected chi connectivity index (χ1v) is 9.66. The van der Waals surface area contributed by atoms with E-state index >= 15 is 0 Å². The minimum atomic E-state index is -0.599. The maximum absolute atomic E-state index is 13.9. The molecule has 2 amide bonds. The van der Waals surface area contributed by atoms with Crippen molar-refractivity contribution in [2.24, 2.45) is 7.05 Å². The van der Waals surface area contributed by atoms with Crippen molar-refractivity contribution in [1.29, 1.82) is 0 Å². The van der Waals surface area contributed by atoms with Gasteiger partial charge in [0.05, 0.1) is 17.3 Å². The van der Waals surface area contributed by atoms with E-state index in [-0.39, 0.29) is 17.5 Å². The summed E-state index contributed by atoms with van der Waals surface area (Å²) in [6.45, 7) is 7.58. The molecule has 30 heavy (non-hydrogen) atoms. The van der Waals surface area contributed by atoms with Gasteiger partial charge in [-0.05, 0) is 57.5 Å². The lowest BCUT2D eigenvalue weighted by atomic mass is 10.0. The van der Waals surface area contributed by atoms with Crippen LogP contribution in [0.2, 0.25) is 0 Å². The van der Waals surface area contributed by atoms with E-state index in [9.17, 15) is 14.0 Å². The first-order chi connectivity index (χ1) is 14.2. The number of halogens is 1. The molecule has 1 unspecified atom stereocenters. The van der Waals surface area contributed by atoms with Crippen molar-refractivity contribution in [2.75, 3.05) is 5.32 Å². The molecule has 2 aromatic carbocycles. The highest BCUT2D eigenvalue weighted by Crippen LogP contribution is 2.23. The molecule has 1 atom stereocenters. The minimum Gasteiger partial charge on any atom is -0.345 e. The Morgan fingerprint density at radius 2 is 1.77 bits per heavy atom. The Labute approximate surface area is 175 Å². The lowest BCUT2D eigenvalue weighted by Gasteiger charge is -2.16. The van der Waals surface area contributed by atoms with Gasteiger partial charge in [0.2, 0.25) is 0 Å². The first kappa shape index (κ1) is 21.2. The molecule has 0 saturated carbocycles. The van der Waals surface area contributed by atoms with Gasteiger partial charge in [0.1, 0.15) is 5.82 Å². The normalized spacial score (nSPS) is 11.8. The molecule has 0 bridgehead atoms. The third-order valence-corrected chi connectivity index (χ3v) is 5.21. The molecule has 0 aliphatic carbocycles. The van der Waals surface area contributed by atoms with Crippen LogP contribution in [0.3, 0.4) is 0 Å². The highest BCUT2D eigenvalue weighted by molar-refractivity contribution is 6.05. The van der Waals surface area contributed by atoms with E-state index in [0.717, 1.165) is 22.5 Å². The fraction of sp³-hybridized carbons (Fsp3) is 0.261. The monoisotopic (exact) mass is 408 g/mol. The van der Waals surface area contributed by atoms with Gasteiger partial charge < -0.3 is 10.6 Å². The summed E-state index contributed by atoms with van der Waals surface area (Å²) in [5, 5.41) is 10.1. The van der Waals surface area contributed by atoms with Gasteiger partial charge in [-0.3, -0.25) is 14.3 Å². The number of carbonyl (C=O) groups excluding carboxylic acids is 2. The second-order valence-electron chi connectivity index (χ2n) is 7.37. The van der Waals surface area contributed by atoms with Crippen LogP contribution in [-0.2, 0) is 7.05 Å². The number of aromatic nitrogens is 2. The number of nitrogens with zero attached hydrogens (tertiary/aromatic N) is 2. The Hall–Kier alpha value is -3.48. The highest BCUT2D eigenvalue weighted by Gasteiger charge is 2.20. The summed E-state index contributed by atoms with van der Waals surface area (Å²) in [7, 11) is 1.87. The van der Waals surface area contributed by atoms with Crippen molar-refractivity contribution in [2.45, 2.75) is 33.7 Å². The minimum absolute atomic E-state index is 0.0529. The lowest BCUT2D eigenvalue weighted by molar-refractivity contribution is 0.0938. The van der Waals surface area contributed by atoms with Crippen molar-refractivity contribution in [3.05, 3.63) is 81.9 Å². The number of nitrogens with one attached hydrogen (secondary N) is 2. The molecule has 0 aliphatic rings. The molecule has 156 valence electrons. The number of rotatable bonds is 5. The number of amides is 2. The van der Waals surface area contributed by atoms with Gasteiger partial charge in [0.15, 0.2) is 0 Å². The number of carbonyl (C=O) groups is 2. The topological polar surface area (TPSA) is 76.0 Å². The van der Waals surface area contributed by atoms with Crippen LogP contribution in [0.15, 0.2) is 42.5 Å². The Kier molecular flexibility index (Phi) is 6.01. The Morgan fingerprint density at radius 1 is 1.07 bits per heavy atom. The van der Waals surface area contributed by atoms with Crippen molar-refractivity contribution < 1.29 is 14.0 Å². The van der Waals surface area contributed by atoms with Gasteiger partial charge in [-0.2, -0.15) is 5.10 Å². The van der Waals surface area contributed by atoms with Gasteiger partial charge in [-0.25, -0.2) is 4.39 Å². The predicted molar refractivity (Wildman–Crippen MR) is 114 cm³/mol. The van der Waals surface area contributed by atoms with Crippen LogP contribution in [0.5, 0.6) is 0 Å². The van der Waals surface area contributed by atoms with Crippen LogP contribution in [0.1, 0.15) is 56.2 Å². The smallest absolute Gasteiger partial charge is 0.258 e. The molecule has 0 spiro atoms. The summed E-state index contributed by atoms with van der Waals surface area (Å²) in [6, 6.07) is 10.6. The maximum atomic E-state index is 13.9. The maximum Gasteiger partial charge on any atom is 0.258 e. The molecule has 0 fully saturated rings. The molecule has 3 aromatic rings. The third kappa shape index (κ3) is 4.25. The molecule has 2 N–H and O–H groups in total. The number of anilines is 1. The summed E-state index contributed by atoms with van der Waals surface area (Å²) in [6.07, 6.45) is 0. The number of hydrogen-bond acceptors (Lipinski definition) is 3. The quantitative estimate of drug-likeness (QED) is 0.663. The third-order valence-electron chi connectivity index (χ3n) is 5.21. The largest absolute Gasteiger partial charge is 0.345 e. The lowest BCUT2D eigenvalue weighted by Crippen LogP contribution is -2.27. The van der Waals surface area contributed by atoms with Crippen molar-refractivity contribution in [1.82, 2.24) is 15.1 Å². The molecule has 0 saturated heterocycles. The molecular formula is C23H25FN4O2.